The molecule has 3 N–H and O–H groups in total. The quantitative estimate of drug-likeness (QED) is 0.700. The molecule has 1 amide bonds. The summed E-state index contributed by atoms with van der Waals surface area (Å²) in [7, 11) is 1.81. The Hall–Kier alpha value is -3.28. The number of aromatic hydroxyl groups is 2. The summed E-state index contributed by atoms with van der Waals surface area (Å²) >= 11 is 0. The lowest BCUT2D eigenvalue weighted by molar-refractivity contribution is -0.131. The summed E-state index contributed by atoms with van der Waals surface area (Å²) in [5.41, 5.74) is 0.320. The van der Waals surface area contributed by atoms with Crippen molar-refractivity contribution in [2.45, 2.75) is 18.9 Å². The highest BCUT2D eigenvalue weighted by Gasteiger charge is 2.34. The Balaban J connectivity index is 1.96. The summed E-state index contributed by atoms with van der Waals surface area (Å²) in [6, 6.07) is 1.75. The number of likely N-dealkylation sites (tertiary alicyclic amines) is 1. The minimum absolute atomic E-state index is 0.103. The highest BCUT2D eigenvalue weighted by Crippen LogP contribution is 2.39. The van der Waals surface area contributed by atoms with Crippen molar-refractivity contribution in [2.24, 2.45) is 5.92 Å². The van der Waals surface area contributed by atoms with Gasteiger partial charge in [0.1, 0.15) is 29.6 Å². The number of rotatable bonds is 4. The van der Waals surface area contributed by atoms with E-state index < -0.39 is 0 Å². The Morgan fingerprint density at radius 1 is 1.58 bits per heavy atom. The molecule has 0 aromatic carbocycles. The number of amides is 1. The molecule has 1 saturated heterocycles. The van der Waals surface area contributed by atoms with E-state index in [2.05, 4.69) is 21.5 Å². The summed E-state index contributed by atoms with van der Waals surface area (Å²) in [5.74, 6) is -0.347. The number of nitriles is 1. The number of H-pyrrole nitrogens is 1. The molecular formula is C17H20N6O3. The highest BCUT2D eigenvalue weighted by molar-refractivity contribution is 5.95. The topological polar surface area (TPSA) is 129 Å². The number of aromatic nitrogens is 3. The van der Waals surface area contributed by atoms with Crippen molar-refractivity contribution in [1.82, 2.24) is 19.9 Å². The van der Waals surface area contributed by atoms with Gasteiger partial charge in [-0.3, -0.25) is 4.79 Å². The van der Waals surface area contributed by atoms with E-state index in [9.17, 15) is 15.0 Å². The fraction of sp³-hybridized carbons (Fsp3) is 0.412. The van der Waals surface area contributed by atoms with Crippen LogP contribution in [0.3, 0.4) is 0 Å². The molecule has 1 aliphatic rings. The Labute approximate surface area is 150 Å². The third kappa shape index (κ3) is 2.90. The lowest BCUT2D eigenvalue weighted by atomic mass is 9.90. The smallest absolute Gasteiger partial charge is 0.236 e. The molecule has 2 unspecified atom stereocenters. The van der Waals surface area contributed by atoms with Crippen LogP contribution in [0.5, 0.6) is 11.6 Å². The molecule has 26 heavy (non-hydrogen) atoms. The van der Waals surface area contributed by atoms with E-state index in [0.717, 1.165) is 0 Å². The lowest BCUT2D eigenvalue weighted by Crippen LogP contribution is -2.53. The second-order valence-corrected chi connectivity index (χ2v) is 6.28. The van der Waals surface area contributed by atoms with Crippen molar-refractivity contribution >= 4 is 22.8 Å². The van der Waals surface area contributed by atoms with Crippen LogP contribution in [-0.2, 0) is 4.79 Å². The predicted molar refractivity (Wildman–Crippen MR) is 94.5 cm³/mol. The molecule has 2 atom stereocenters. The number of hydrogen-bond donors (Lipinski definition) is 3. The lowest BCUT2D eigenvalue weighted by Gasteiger charge is -2.42. The summed E-state index contributed by atoms with van der Waals surface area (Å²) in [4.78, 5) is 26.5. The van der Waals surface area contributed by atoms with Gasteiger partial charge < -0.3 is 25.0 Å². The number of carbonyl (C=O) groups excluding carboxylic acids is 1. The number of hydrogen-bond acceptors (Lipinski definition) is 7. The summed E-state index contributed by atoms with van der Waals surface area (Å²) in [5, 5.41) is 29.0. The van der Waals surface area contributed by atoms with Gasteiger partial charge in [0.15, 0.2) is 5.75 Å². The Morgan fingerprint density at radius 2 is 2.35 bits per heavy atom. The number of fused-ring (bicyclic) bond motifs is 1. The second-order valence-electron chi connectivity index (χ2n) is 6.28. The van der Waals surface area contributed by atoms with Crippen molar-refractivity contribution < 1.29 is 15.0 Å². The molecule has 0 radical (unpaired) electrons. The van der Waals surface area contributed by atoms with Crippen molar-refractivity contribution in [3.63, 3.8) is 0 Å². The van der Waals surface area contributed by atoms with Crippen LogP contribution in [0.15, 0.2) is 19.0 Å². The van der Waals surface area contributed by atoms with E-state index >= 15 is 0 Å². The maximum atomic E-state index is 12.1. The van der Waals surface area contributed by atoms with Crippen molar-refractivity contribution in [3.05, 3.63) is 19.0 Å². The van der Waals surface area contributed by atoms with Crippen LogP contribution in [0.2, 0.25) is 0 Å². The summed E-state index contributed by atoms with van der Waals surface area (Å²) in [6.45, 7) is 4.87. The molecule has 0 saturated carbocycles. The second kappa shape index (κ2) is 6.92. The number of carbonyl (C=O) groups is 1. The molecule has 9 nitrogen and oxygen atoms in total. The fourth-order valence-electron chi connectivity index (χ4n) is 3.44. The van der Waals surface area contributed by atoms with E-state index in [0.29, 0.717) is 36.4 Å². The molecule has 2 aromatic rings. The van der Waals surface area contributed by atoms with Gasteiger partial charge in [-0.25, -0.2) is 9.97 Å². The minimum Gasteiger partial charge on any atom is -0.503 e. The number of aromatic amines is 1. The monoisotopic (exact) mass is 356 g/mol. The first kappa shape index (κ1) is 17.5. The van der Waals surface area contributed by atoms with Crippen LogP contribution in [-0.4, -0.2) is 62.2 Å². The standard InChI is InChI=1S/C17H20N6O3/c1-3-10-5-7-23(12(24)4-6-18)8-11(10)22(2)16-13-14(25)17(26)21-15(13)19-9-20-16/h3,9-11,25-26H,1,4-5,7-8H2,2H3,(H,19,20,21). The number of likely N-dealkylation sites (N-methyl/N-ethyl adjacent to an activating group) is 1. The van der Waals surface area contributed by atoms with Crippen LogP contribution in [0.1, 0.15) is 12.8 Å². The number of nitrogens with one attached hydrogen (secondary N) is 1. The van der Waals surface area contributed by atoms with E-state index in [1.807, 2.05) is 24.1 Å². The Kier molecular flexibility index (Phi) is 4.67. The number of anilines is 1. The minimum atomic E-state index is -0.370. The largest absolute Gasteiger partial charge is 0.503 e. The molecule has 2 aromatic heterocycles. The fourth-order valence-corrected chi connectivity index (χ4v) is 3.44. The average Bonchev–Trinajstić information content (AvgIpc) is 2.95. The van der Waals surface area contributed by atoms with Crippen LogP contribution in [0.25, 0.3) is 11.0 Å². The van der Waals surface area contributed by atoms with Crippen LogP contribution in [0, 0.1) is 17.2 Å². The highest BCUT2D eigenvalue weighted by atomic mass is 16.3. The number of nitrogens with zero attached hydrogens (tertiary/aromatic N) is 5. The Morgan fingerprint density at radius 3 is 3.04 bits per heavy atom. The molecular weight excluding hydrogens is 336 g/mol. The first-order valence-corrected chi connectivity index (χ1v) is 8.22. The molecule has 3 rings (SSSR count). The third-order valence-corrected chi connectivity index (χ3v) is 4.88. The molecule has 1 aliphatic heterocycles. The normalized spacial score (nSPS) is 19.9. The predicted octanol–water partition coefficient (Wildman–Crippen LogP) is 1.12. The van der Waals surface area contributed by atoms with E-state index in [1.54, 1.807) is 4.90 Å². The van der Waals surface area contributed by atoms with Gasteiger partial charge in [0, 0.05) is 26.1 Å². The van der Waals surface area contributed by atoms with Gasteiger partial charge in [0.25, 0.3) is 0 Å². The third-order valence-electron chi connectivity index (χ3n) is 4.88. The molecule has 0 spiro atoms. The maximum Gasteiger partial charge on any atom is 0.236 e. The van der Waals surface area contributed by atoms with Crippen LogP contribution in [0.4, 0.5) is 5.82 Å². The Bertz CT molecular complexity index is 886. The van der Waals surface area contributed by atoms with Crippen LogP contribution < -0.4 is 4.90 Å². The molecule has 136 valence electrons. The van der Waals surface area contributed by atoms with Gasteiger partial charge >= 0.3 is 0 Å². The molecule has 0 aliphatic carbocycles. The zero-order valence-corrected chi connectivity index (χ0v) is 14.4. The van der Waals surface area contributed by atoms with Crippen molar-refractivity contribution in [2.75, 3.05) is 25.0 Å². The zero-order valence-electron chi connectivity index (χ0n) is 14.4. The van der Waals surface area contributed by atoms with Crippen LogP contribution >= 0.6 is 0 Å². The van der Waals surface area contributed by atoms with E-state index in [4.69, 9.17) is 5.26 Å². The van der Waals surface area contributed by atoms with Gasteiger partial charge in [-0.2, -0.15) is 5.26 Å². The molecule has 1 fully saturated rings. The SMILES string of the molecule is C=CC1CCN(C(=O)CC#N)CC1N(C)c1ncnc2[nH]c(O)c(O)c12. The molecule has 3 heterocycles. The first-order valence-electron chi connectivity index (χ1n) is 8.22. The zero-order chi connectivity index (χ0) is 18.8. The molecule has 9 heteroatoms. The van der Waals surface area contributed by atoms with E-state index in [1.165, 1.54) is 6.33 Å². The van der Waals surface area contributed by atoms with Gasteiger partial charge in [-0.15, -0.1) is 6.58 Å². The number of piperidine rings is 1. The first-order chi connectivity index (χ1) is 12.5. The van der Waals surface area contributed by atoms with Gasteiger partial charge in [-0.1, -0.05) is 6.08 Å². The summed E-state index contributed by atoms with van der Waals surface area (Å²) in [6.07, 6.45) is 3.75. The van der Waals surface area contributed by atoms with Gasteiger partial charge in [0.05, 0.1) is 12.1 Å². The summed E-state index contributed by atoms with van der Waals surface area (Å²) < 4.78 is 0. The van der Waals surface area contributed by atoms with Crippen molar-refractivity contribution in [1.29, 1.82) is 5.26 Å². The van der Waals surface area contributed by atoms with Gasteiger partial charge in [0.2, 0.25) is 11.8 Å². The van der Waals surface area contributed by atoms with Crippen molar-refractivity contribution in [3.8, 4) is 17.7 Å². The average molecular weight is 356 g/mol. The maximum absolute atomic E-state index is 12.1. The van der Waals surface area contributed by atoms with Gasteiger partial charge in [-0.05, 0) is 6.42 Å². The molecule has 0 bridgehead atoms. The van der Waals surface area contributed by atoms with E-state index in [-0.39, 0.29) is 35.9 Å².